The number of thiazole rings is 1. The van der Waals surface area contributed by atoms with Gasteiger partial charge in [-0.25, -0.2) is 19.6 Å². The molecule has 0 aromatic carbocycles. The van der Waals surface area contributed by atoms with Gasteiger partial charge in [-0.2, -0.15) is 0 Å². The van der Waals surface area contributed by atoms with Crippen LogP contribution < -0.4 is 10.6 Å². The average Bonchev–Trinajstić information content (AvgIpc) is 3.51. The second-order valence-corrected chi connectivity index (χ2v) is 14.6. The molecule has 2 saturated heterocycles. The van der Waals surface area contributed by atoms with E-state index in [4.69, 9.17) is 9.15 Å². The fourth-order valence-electron chi connectivity index (χ4n) is 4.58. The number of ether oxygens (including phenoxy) is 1. The molecule has 1 atom stereocenters. The molecule has 39 heavy (non-hydrogen) atoms. The lowest BCUT2D eigenvalue weighted by molar-refractivity contribution is 0.0481. The van der Waals surface area contributed by atoms with Crippen molar-refractivity contribution in [1.29, 1.82) is 0 Å². The van der Waals surface area contributed by atoms with Gasteiger partial charge in [0.05, 0.1) is 22.4 Å². The molecular formula is C27H42N6O4S2. The highest BCUT2D eigenvalue weighted by atomic mass is 32.2. The van der Waals surface area contributed by atoms with Gasteiger partial charge in [-0.3, -0.25) is 0 Å². The zero-order valence-corrected chi connectivity index (χ0v) is 25.5. The Morgan fingerprint density at radius 2 is 1.79 bits per heavy atom. The number of nitrogens with one attached hydrogen (secondary N) is 2. The number of nitrogens with zero attached hydrogens (tertiary/aromatic N) is 4. The first-order valence-corrected chi connectivity index (χ1v) is 15.5. The third kappa shape index (κ3) is 8.76. The summed E-state index contributed by atoms with van der Waals surface area (Å²) in [4.78, 5) is 38.1. The van der Waals surface area contributed by atoms with Gasteiger partial charge in [0.15, 0.2) is 5.13 Å². The standard InChI is InChI=1S/C27H42N6O4S2/c1-26(2,3)20-14-28-21(36-20)17-38-22-15-29-23(39-22)30-19-8-7-11-33(16-19)25(35)32-12-9-18(10-13-32)31-24(34)37-27(4,5)6/h14-15,18-19H,7-13,16-17H2,1-6H3,(H,29,30)(H,31,34)/t19-/m1/s1. The monoisotopic (exact) mass is 578 g/mol. The number of piperidine rings is 2. The Balaban J connectivity index is 1.21. The van der Waals surface area contributed by atoms with E-state index in [1.54, 1.807) is 23.1 Å². The number of oxazole rings is 1. The quantitative estimate of drug-likeness (QED) is 0.420. The van der Waals surface area contributed by atoms with E-state index in [2.05, 4.69) is 41.4 Å². The van der Waals surface area contributed by atoms with Crippen LogP contribution in [0.25, 0.3) is 0 Å². The molecule has 0 spiro atoms. The van der Waals surface area contributed by atoms with Crippen molar-refractivity contribution >= 4 is 40.4 Å². The van der Waals surface area contributed by atoms with Gasteiger partial charge in [0.1, 0.15) is 11.4 Å². The second kappa shape index (κ2) is 12.4. The van der Waals surface area contributed by atoms with E-state index in [-0.39, 0.29) is 23.5 Å². The number of anilines is 1. The van der Waals surface area contributed by atoms with Crippen LogP contribution in [0.4, 0.5) is 14.7 Å². The van der Waals surface area contributed by atoms with E-state index in [1.165, 1.54) is 0 Å². The summed E-state index contributed by atoms with van der Waals surface area (Å²) in [5.74, 6) is 2.27. The zero-order chi connectivity index (χ0) is 28.2. The molecule has 4 rings (SSSR count). The first-order valence-electron chi connectivity index (χ1n) is 13.7. The Hall–Kier alpha value is -2.47. The van der Waals surface area contributed by atoms with Crippen LogP contribution >= 0.6 is 23.1 Å². The highest BCUT2D eigenvalue weighted by molar-refractivity contribution is 8.00. The van der Waals surface area contributed by atoms with Crippen LogP contribution in [0.5, 0.6) is 0 Å². The van der Waals surface area contributed by atoms with Gasteiger partial charge >= 0.3 is 12.1 Å². The number of amides is 3. The number of carbonyl (C=O) groups excluding carboxylic acids is 2. The molecule has 10 nitrogen and oxygen atoms in total. The molecule has 2 aliphatic heterocycles. The number of hydrogen-bond acceptors (Lipinski definition) is 9. The molecule has 0 radical (unpaired) electrons. The highest BCUT2D eigenvalue weighted by Crippen LogP contribution is 2.32. The number of thioether (sulfide) groups is 1. The summed E-state index contributed by atoms with van der Waals surface area (Å²) >= 11 is 3.28. The molecule has 2 aromatic heterocycles. The summed E-state index contributed by atoms with van der Waals surface area (Å²) < 4.78 is 12.3. The van der Waals surface area contributed by atoms with Crippen molar-refractivity contribution in [3.05, 3.63) is 24.0 Å². The molecule has 0 bridgehead atoms. The predicted molar refractivity (Wildman–Crippen MR) is 154 cm³/mol. The minimum atomic E-state index is -0.521. The number of aromatic nitrogens is 2. The van der Waals surface area contributed by atoms with Gasteiger partial charge < -0.3 is 29.6 Å². The van der Waals surface area contributed by atoms with Crippen molar-refractivity contribution in [1.82, 2.24) is 25.1 Å². The van der Waals surface area contributed by atoms with Crippen LogP contribution in [0.1, 0.15) is 78.9 Å². The second-order valence-electron chi connectivity index (χ2n) is 12.3. The maximum absolute atomic E-state index is 13.2. The molecule has 2 aromatic rings. The molecule has 0 aliphatic carbocycles. The van der Waals surface area contributed by atoms with E-state index < -0.39 is 11.7 Å². The van der Waals surface area contributed by atoms with Gasteiger partial charge in [0.25, 0.3) is 0 Å². The third-order valence-electron chi connectivity index (χ3n) is 6.62. The Morgan fingerprint density at radius 1 is 1.05 bits per heavy atom. The lowest BCUT2D eigenvalue weighted by Crippen LogP contribution is -2.54. The van der Waals surface area contributed by atoms with E-state index in [0.29, 0.717) is 25.4 Å². The van der Waals surface area contributed by atoms with Gasteiger partial charge in [0.2, 0.25) is 5.89 Å². The number of rotatable bonds is 6. The van der Waals surface area contributed by atoms with E-state index in [0.717, 1.165) is 53.2 Å². The van der Waals surface area contributed by atoms with Crippen LogP contribution in [0, 0.1) is 0 Å². The van der Waals surface area contributed by atoms with E-state index >= 15 is 0 Å². The topological polar surface area (TPSA) is 113 Å². The summed E-state index contributed by atoms with van der Waals surface area (Å²) in [7, 11) is 0. The summed E-state index contributed by atoms with van der Waals surface area (Å²) in [6.07, 6.45) is 6.71. The van der Waals surface area contributed by atoms with Crippen LogP contribution in [0.3, 0.4) is 0 Å². The minimum absolute atomic E-state index is 0.0285. The largest absolute Gasteiger partial charge is 0.444 e. The van der Waals surface area contributed by atoms with Crippen molar-refractivity contribution in [3.63, 3.8) is 0 Å². The number of likely N-dealkylation sites (tertiary alicyclic amines) is 2. The molecule has 216 valence electrons. The smallest absolute Gasteiger partial charge is 0.407 e. The molecular weight excluding hydrogens is 536 g/mol. The number of alkyl carbamates (subject to hydrolysis) is 1. The fourth-order valence-corrected chi connectivity index (χ4v) is 6.38. The third-order valence-corrected chi connectivity index (χ3v) is 8.73. The summed E-state index contributed by atoms with van der Waals surface area (Å²) in [6.45, 7) is 14.6. The van der Waals surface area contributed by atoms with Crippen LogP contribution in [-0.2, 0) is 15.9 Å². The average molecular weight is 579 g/mol. The molecule has 3 amide bonds. The van der Waals surface area contributed by atoms with Crippen LogP contribution in [-0.4, -0.2) is 75.8 Å². The first-order chi connectivity index (χ1) is 18.4. The molecule has 12 heteroatoms. The van der Waals surface area contributed by atoms with Crippen molar-refractivity contribution < 1.29 is 18.7 Å². The fraction of sp³-hybridized carbons (Fsp3) is 0.704. The SMILES string of the molecule is CC(C)(C)OC(=O)NC1CCN(C(=O)N2CCC[C@@H](Nc3ncc(SCc4ncc(C(C)(C)C)o4)s3)C2)CC1. The van der Waals surface area contributed by atoms with Gasteiger partial charge in [-0.15, -0.1) is 11.8 Å². The van der Waals surface area contributed by atoms with Crippen molar-refractivity contribution in [2.24, 2.45) is 0 Å². The summed E-state index contributed by atoms with van der Waals surface area (Å²) in [5.41, 5.74) is -0.575. The molecule has 2 fully saturated rings. The summed E-state index contributed by atoms with van der Waals surface area (Å²) in [5, 5.41) is 7.35. The molecule has 4 heterocycles. The lowest BCUT2D eigenvalue weighted by Gasteiger charge is -2.39. The zero-order valence-electron chi connectivity index (χ0n) is 23.9. The molecule has 2 aliphatic rings. The van der Waals surface area contributed by atoms with Gasteiger partial charge in [0, 0.05) is 43.7 Å². The Kier molecular flexibility index (Phi) is 9.36. The Morgan fingerprint density at radius 3 is 2.46 bits per heavy atom. The maximum Gasteiger partial charge on any atom is 0.407 e. The first kappa shape index (κ1) is 29.5. The number of hydrogen-bond donors (Lipinski definition) is 2. The number of carbonyl (C=O) groups is 2. The van der Waals surface area contributed by atoms with E-state index in [9.17, 15) is 9.59 Å². The van der Waals surface area contributed by atoms with Gasteiger partial charge in [-0.05, 0) is 46.5 Å². The molecule has 2 N–H and O–H groups in total. The van der Waals surface area contributed by atoms with Crippen molar-refractivity contribution in [3.8, 4) is 0 Å². The normalized spacial score (nSPS) is 19.2. The Labute approximate surface area is 239 Å². The highest BCUT2D eigenvalue weighted by Gasteiger charge is 2.31. The van der Waals surface area contributed by atoms with Gasteiger partial charge in [-0.1, -0.05) is 32.1 Å². The molecule has 0 saturated carbocycles. The molecule has 0 unspecified atom stereocenters. The predicted octanol–water partition coefficient (Wildman–Crippen LogP) is 5.71. The van der Waals surface area contributed by atoms with Crippen molar-refractivity contribution in [2.75, 3.05) is 31.5 Å². The number of urea groups is 1. The maximum atomic E-state index is 13.2. The summed E-state index contributed by atoms with van der Waals surface area (Å²) in [6, 6.07) is 0.271. The van der Waals surface area contributed by atoms with Crippen LogP contribution in [0.2, 0.25) is 0 Å². The van der Waals surface area contributed by atoms with Crippen LogP contribution in [0.15, 0.2) is 21.0 Å². The van der Waals surface area contributed by atoms with E-state index in [1.807, 2.05) is 43.0 Å². The minimum Gasteiger partial charge on any atom is -0.444 e. The Bertz CT molecular complexity index is 1110. The van der Waals surface area contributed by atoms with Crippen molar-refractivity contribution in [2.45, 2.75) is 100 Å². The lowest BCUT2D eigenvalue weighted by atomic mass is 9.94.